The lowest BCUT2D eigenvalue weighted by atomic mass is 9.79. The third-order valence-electron chi connectivity index (χ3n) is 5.48. The van der Waals surface area contributed by atoms with Gasteiger partial charge in [-0.3, -0.25) is 0 Å². The van der Waals surface area contributed by atoms with Crippen LogP contribution in [0.25, 0.3) is 0 Å². The monoisotopic (exact) mass is 286 g/mol. The number of rotatable bonds is 3. The largest absolute Gasteiger partial charge is 0.493 e. The van der Waals surface area contributed by atoms with E-state index in [1.54, 1.807) is 0 Å². The highest BCUT2D eigenvalue weighted by molar-refractivity contribution is 5.53. The summed E-state index contributed by atoms with van der Waals surface area (Å²) in [6.07, 6.45) is 9.24. The summed E-state index contributed by atoms with van der Waals surface area (Å²) in [7, 11) is 0. The molecule has 3 aliphatic rings. The summed E-state index contributed by atoms with van der Waals surface area (Å²) in [4.78, 5) is 0. The van der Waals surface area contributed by atoms with Gasteiger partial charge in [0.2, 0.25) is 0 Å². The number of hydrogen-bond donors (Lipinski definition) is 2. The Morgan fingerprint density at radius 2 is 2.05 bits per heavy atom. The standard InChI is InChI=1S/C18H26N2O/c1-2-5-17(15(4-1)16-6-3-10-19-16)20-14-7-8-18-13(12-14)9-11-21-18/h7-8,12,15-17,19-20H,1-6,9-11H2. The van der Waals surface area contributed by atoms with E-state index in [2.05, 4.69) is 28.8 Å². The predicted octanol–water partition coefficient (Wildman–Crippen LogP) is 3.34. The summed E-state index contributed by atoms with van der Waals surface area (Å²) in [5.41, 5.74) is 2.65. The van der Waals surface area contributed by atoms with Crippen LogP contribution in [0.15, 0.2) is 18.2 Å². The maximum absolute atomic E-state index is 5.61. The molecule has 4 rings (SSSR count). The Kier molecular flexibility index (Phi) is 3.76. The topological polar surface area (TPSA) is 33.3 Å². The highest BCUT2D eigenvalue weighted by Crippen LogP contribution is 2.34. The first-order valence-electron chi connectivity index (χ1n) is 8.66. The minimum absolute atomic E-state index is 0.634. The Labute approximate surface area is 127 Å². The zero-order valence-corrected chi connectivity index (χ0v) is 12.7. The number of hydrogen-bond acceptors (Lipinski definition) is 3. The molecule has 2 fully saturated rings. The fraction of sp³-hybridized carbons (Fsp3) is 0.667. The molecule has 1 aliphatic carbocycles. The molecule has 114 valence electrons. The Hall–Kier alpha value is -1.22. The lowest BCUT2D eigenvalue weighted by Crippen LogP contribution is -2.43. The molecule has 3 unspecified atom stereocenters. The smallest absolute Gasteiger partial charge is 0.122 e. The van der Waals surface area contributed by atoms with E-state index in [9.17, 15) is 0 Å². The summed E-state index contributed by atoms with van der Waals surface area (Å²) in [6.45, 7) is 2.06. The van der Waals surface area contributed by atoms with Gasteiger partial charge >= 0.3 is 0 Å². The SMILES string of the molecule is c1cc2c(cc1NC1CCCCC1C1CCCN1)CCO2. The van der Waals surface area contributed by atoms with Gasteiger partial charge < -0.3 is 15.4 Å². The molecule has 1 aromatic carbocycles. The molecule has 0 aromatic heterocycles. The van der Waals surface area contributed by atoms with Crippen molar-refractivity contribution in [3.05, 3.63) is 23.8 Å². The zero-order valence-electron chi connectivity index (χ0n) is 12.7. The number of anilines is 1. The van der Waals surface area contributed by atoms with Gasteiger partial charge in [0.05, 0.1) is 6.61 Å². The molecule has 2 N–H and O–H groups in total. The fourth-order valence-corrected chi connectivity index (χ4v) is 4.39. The average molecular weight is 286 g/mol. The summed E-state index contributed by atoms with van der Waals surface area (Å²) in [6, 6.07) is 8.00. The molecule has 2 heterocycles. The van der Waals surface area contributed by atoms with Gasteiger partial charge in [-0.15, -0.1) is 0 Å². The maximum atomic E-state index is 5.61. The number of ether oxygens (including phenoxy) is 1. The molecule has 3 heteroatoms. The van der Waals surface area contributed by atoms with E-state index in [4.69, 9.17) is 4.74 Å². The Balaban J connectivity index is 1.48. The Bertz CT molecular complexity index is 496. The van der Waals surface area contributed by atoms with E-state index in [1.165, 1.54) is 56.3 Å². The second kappa shape index (κ2) is 5.88. The molecule has 0 amide bonds. The van der Waals surface area contributed by atoms with Crippen molar-refractivity contribution in [1.82, 2.24) is 5.32 Å². The van der Waals surface area contributed by atoms with Gasteiger partial charge in [-0.2, -0.15) is 0 Å². The molecular formula is C18H26N2O. The fourth-order valence-electron chi connectivity index (χ4n) is 4.39. The van der Waals surface area contributed by atoms with Crippen LogP contribution in [-0.2, 0) is 6.42 Å². The summed E-state index contributed by atoms with van der Waals surface area (Å²) in [5.74, 6) is 1.88. The predicted molar refractivity (Wildman–Crippen MR) is 86.0 cm³/mol. The van der Waals surface area contributed by atoms with Crippen molar-refractivity contribution < 1.29 is 4.74 Å². The van der Waals surface area contributed by atoms with Crippen LogP contribution in [0.4, 0.5) is 5.69 Å². The zero-order chi connectivity index (χ0) is 14.1. The summed E-state index contributed by atoms with van der Waals surface area (Å²) < 4.78 is 5.61. The molecule has 0 radical (unpaired) electrons. The molecular weight excluding hydrogens is 260 g/mol. The van der Waals surface area contributed by atoms with Crippen LogP contribution in [0, 0.1) is 5.92 Å². The van der Waals surface area contributed by atoms with Crippen LogP contribution in [0.1, 0.15) is 44.1 Å². The van der Waals surface area contributed by atoms with Crippen molar-refractivity contribution >= 4 is 5.69 Å². The van der Waals surface area contributed by atoms with Crippen molar-refractivity contribution in [1.29, 1.82) is 0 Å². The van der Waals surface area contributed by atoms with Crippen molar-refractivity contribution in [2.45, 2.75) is 57.0 Å². The van der Waals surface area contributed by atoms with E-state index in [-0.39, 0.29) is 0 Å². The van der Waals surface area contributed by atoms with Crippen molar-refractivity contribution in [2.75, 3.05) is 18.5 Å². The van der Waals surface area contributed by atoms with Gasteiger partial charge in [0.15, 0.2) is 0 Å². The third kappa shape index (κ3) is 2.76. The van der Waals surface area contributed by atoms with Crippen LogP contribution in [0.3, 0.4) is 0 Å². The van der Waals surface area contributed by atoms with Gasteiger partial charge in [0.1, 0.15) is 5.75 Å². The van der Waals surface area contributed by atoms with Gasteiger partial charge in [0.25, 0.3) is 0 Å². The molecule has 0 bridgehead atoms. The molecule has 0 spiro atoms. The van der Waals surface area contributed by atoms with Gasteiger partial charge in [-0.1, -0.05) is 12.8 Å². The highest BCUT2D eigenvalue weighted by atomic mass is 16.5. The van der Waals surface area contributed by atoms with Crippen molar-refractivity contribution in [2.24, 2.45) is 5.92 Å². The Morgan fingerprint density at radius 1 is 1.10 bits per heavy atom. The van der Waals surface area contributed by atoms with Crippen LogP contribution in [-0.4, -0.2) is 25.2 Å². The van der Waals surface area contributed by atoms with Crippen molar-refractivity contribution in [3.8, 4) is 5.75 Å². The number of fused-ring (bicyclic) bond motifs is 1. The van der Waals surface area contributed by atoms with Gasteiger partial charge in [-0.25, -0.2) is 0 Å². The number of benzene rings is 1. The first-order chi connectivity index (χ1) is 10.4. The highest BCUT2D eigenvalue weighted by Gasteiger charge is 2.33. The third-order valence-corrected chi connectivity index (χ3v) is 5.48. The molecule has 1 aromatic rings. The van der Waals surface area contributed by atoms with Crippen LogP contribution in [0.2, 0.25) is 0 Å². The lowest BCUT2D eigenvalue weighted by molar-refractivity contribution is 0.263. The second-order valence-corrected chi connectivity index (χ2v) is 6.82. The molecule has 2 aliphatic heterocycles. The van der Waals surface area contributed by atoms with Crippen LogP contribution >= 0.6 is 0 Å². The minimum Gasteiger partial charge on any atom is -0.493 e. The Morgan fingerprint density at radius 3 is 2.95 bits per heavy atom. The second-order valence-electron chi connectivity index (χ2n) is 6.82. The van der Waals surface area contributed by atoms with E-state index in [0.29, 0.717) is 6.04 Å². The molecule has 21 heavy (non-hydrogen) atoms. The molecule has 3 nitrogen and oxygen atoms in total. The quantitative estimate of drug-likeness (QED) is 0.894. The summed E-state index contributed by atoms with van der Waals surface area (Å²) in [5, 5.41) is 7.57. The summed E-state index contributed by atoms with van der Waals surface area (Å²) >= 11 is 0. The first-order valence-corrected chi connectivity index (χ1v) is 8.66. The van der Waals surface area contributed by atoms with E-state index < -0.39 is 0 Å². The average Bonchev–Trinajstić information content (AvgIpc) is 3.19. The van der Waals surface area contributed by atoms with Crippen molar-refractivity contribution in [3.63, 3.8) is 0 Å². The first kappa shape index (κ1) is 13.4. The van der Waals surface area contributed by atoms with E-state index in [1.807, 2.05) is 0 Å². The van der Waals surface area contributed by atoms with Crippen LogP contribution < -0.4 is 15.4 Å². The lowest BCUT2D eigenvalue weighted by Gasteiger charge is -2.37. The molecule has 3 atom stereocenters. The maximum Gasteiger partial charge on any atom is 0.122 e. The number of nitrogens with one attached hydrogen (secondary N) is 2. The molecule has 1 saturated heterocycles. The van der Waals surface area contributed by atoms with E-state index >= 15 is 0 Å². The normalized spacial score (nSPS) is 31.7. The van der Waals surface area contributed by atoms with Gasteiger partial charge in [-0.05, 0) is 61.9 Å². The minimum atomic E-state index is 0.634. The van der Waals surface area contributed by atoms with Gasteiger partial charge in [0, 0.05) is 24.2 Å². The van der Waals surface area contributed by atoms with Crippen LogP contribution in [0.5, 0.6) is 5.75 Å². The molecule has 1 saturated carbocycles. The van der Waals surface area contributed by atoms with E-state index in [0.717, 1.165) is 30.7 Å².